The third-order valence-corrected chi connectivity index (χ3v) is 4.87. The molecule has 0 aliphatic carbocycles. The van der Waals surface area contributed by atoms with Gasteiger partial charge in [0.25, 0.3) is 0 Å². The van der Waals surface area contributed by atoms with Gasteiger partial charge in [-0.2, -0.15) is 0 Å². The second-order valence-corrected chi connectivity index (χ2v) is 10.2. The van der Waals surface area contributed by atoms with E-state index in [9.17, 15) is 19.8 Å². The first-order valence-corrected chi connectivity index (χ1v) is 9.95. The minimum absolute atomic E-state index is 0.282. The Bertz CT molecular complexity index is 455. The maximum absolute atomic E-state index is 12.9. The van der Waals surface area contributed by atoms with Gasteiger partial charge < -0.3 is 20.8 Å². The highest BCUT2D eigenvalue weighted by Crippen LogP contribution is 2.23. The van der Waals surface area contributed by atoms with E-state index in [0.29, 0.717) is 12.8 Å². The van der Waals surface area contributed by atoms with Gasteiger partial charge in [0.05, 0.1) is 23.3 Å². The number of amides is 2. The maximum Gasteiger partial charge on any atom is 0.235 e. The highest BCUT2D eigenvalue weighted by atomic mass is 16.3. The van der Waals surface area contributed by atoms with Crippen molar-refractivity contribution in [1.82, 2.24) is 10.6 Å². The molecular weight excluding hydrogens is 344 g/mol. The van der Waals surface area contributed by atoms with Crippen LogP contribution in [0, 0.1) is 17.3 Å². The normalized spacial score (nSPS) is 15.6. The molecule has 0 spiro atoms. The molecule has 0 heterocycles. The first-order chi connectivity index (χ1) is 11.9. The molecule has 0 radical (unpaired) electrons. The van der Waals surface area contributed by atoms with Crippen LogP contribution in [0.15, 0.2) is 0 Å². The molecule has 0 aliphatic heterocycles. The number of aliphatic hydroxyl groups is 2. The molecule has 4 N–H and O–H groups in total. The van der Waals surface area contributed by atoms with Crippen molar-refractivity contribution in [2.75, 3.05) is 0 Å². The predicted octanol–water partition coefficient (Wildman–Crippen LogP) is 2.62. The van der Waals surface area contributed by atoms with E-state index in [2.05, 4.69) is 10.6 Å². The van der Waals surface area contributed by atoms with E-state index >= 15 is 0 Å². The molecule has 0 aromatic heterocycles. The Balaban J connectivity index is 5.34. The SMILES string of the molecule is CC(C)CC(NC(=O)C(C)(C)C(=O)NC(CC(C)C)C(C)(C)O)C(C)(C)O. The van der Waals surface area contributed by atoms with Crippen LogP contribution in [0.5, 0.6) is 0 Å². The van der Waals surface area contributed by atoms with E-state index in [-0.39, 0.29) is 11.8 Å². The van der Waals surface area contributed by atoms with Crippen LogP contribution in [0.1, 0.15) is 82.1 Å². The topological polar surface area (TPSA) is 98.7 Å². The van der Waals surface area contributed by atoms with Crippen LogP contribution in [-0.2, 0) is 9.59 Å². The summed E-state index contributed by atoms with van der Waals surface area (Å²) in [5.74, 6) is -0.313. The lowest BCUT2D eigenvalue weighted by Crippen LogP contribution is -2.59. The summed E-state index contributed by atoms with van der Waals surface area (Å²) in [6.45, 7) is 17.8. The summed E-state index contributed by atoms with van der Waals surface area (Å²) in [5, 5.41) is 26.5. The highest BCUT2D eigenvalue weighted by Gasteiger charge is 2.41. The zero-order chi connectivity index (χ0) is 21.8. The molecule has 0 aromatic rings. The van der Waals surface area contributed by atoms with Crippen molar-refractivity contribution in [1.29, 1.82) is 0 Å². The van der Waals surface area contributed by atoms with E-state index in [0.717, 1.165) is 0 Å². The Morgan fingerprint density at radius 3 is 1.15 bits per heavy atom. The molecule has 0 fully saturated rings. The molecule has 160 valence electrons. The molecule has 2 atom stereocenters. The van der Waals surface area contributed by atoms with Gasteiger partial charge in [-0.1, -0.05) is 27.7 Å². The molecule has 6 heteroatoms. The van der Waals surface area contributed by atoms with E-state index in [4.69, 9.17) is 0 Å². The molecule has 2 amide bonds. The number of carbonyl (C=O) groups is 2. The van der Waals surface area contributed by atoms with Crippen molar-refractivity contribution in [3.05, 3.63) is 0 Å². The summed E-state index contributed by atoms with van der Waals surface area (Å²) in [7, 11) is 0. The summed E-state index contributed by atoms with van der Waals surface area (Å²) >= 11 is 0. The monoisotopic (exact) mass is 386 g/mol. The Kier molecular flexibility index (Phi) is 8.98. The van der Waals surface area contributed by atoms with Crippen molar-refractivity contribution in [2.45, 2.75) is 105 Å². The van der Waals surface area contributed by atoms with Crippen LogP contribution >= 0.6 is 0 Å². The largest absolute Gasteiger partial charge is 0.388 e. The van der Waals surface area contributed by atoms with Gasteiger partial charge in [-0.15, -0.1) is 0 Å². The van der Waals surface area contributed by atoms with E-state index in [1.54, 1.807) is 41.5 Å². The number of rotatable bonds is 10. The van der Waals surface area contributed by atoms with Gasteiger partial charge in [-0.25, -0.2) is 0 Å². The van der Waals surface area contributed by atoms with Crippen molar-refractivity contribution >= 4 is 11.8 Å². The van der Waals surface area contributed by atoms with Crippen molar-refractivity contribution in [3.8, 4) is 0 Å². The van der Waals surface area contributed by atoms with Crippen LogP contribution < -0.4 is 10.6 Å². The van der Waals surface area contributed by atoms with Crippen LogP contribution in [0.25, 0.3) is 0 Å². The smallest absolute Gasteiger partial charge is 0.235 e. The molecule has 0 bridgehead atoms. The summed E-state index contributed by atoms with van der Waals surface area (Å²) < 4.78 is 0. The Morgan fingerprint density at radius 1 is 0.704 bits per heavy atom. The van der Waals surface area contributed by atoms with Crippen LogP contribution in [0.2, 0.25) is 0 Å². The Labute approximate surface area is 165 Å². The van der Waals surface area contributed by atoms with Crippen LogP contribution in [0.4, 0.5) is 0 Å². The summed E-state index contributed by atoms with van der Waals surface area (Å²) in [6, 6.07) is -0.921. The molecule has 0 saturated heterocycles. The molecular formula is C21H42N2O4. The number of carbonyl (C=O) groups excluding carboxylic acids is 2. The fourth-order valence-corrected chi connectivity index (χ4v) is 2.77. The average molecular weight is 387 g/mol. The molecule has 0 aliphatic rings. The van der Waals surface area contributed by atoms with Gasteiger partial charge in [0.2, 0.25) is 11.8 Å². The third-order valence-electron chi connectivity index (χ3n) is 4.87. The van der Waals surface area contributed by atoms with Gasteiger partial charge in [0.15, 0.2) is 0 Å². The second kappa shape index (κ2) is 9.37. The summed E-state index contributed by atoms with van der Waals surface area (Å²) in [5.41, 5.74) is -3.53. The zero-order valence-electron chi connectivity index (χ0n) is 18.9. The summed E-state index contributed by atoms with van der Waals surface area (Å²) in [4.78, 5) is 25.7. The minimum Gasteiger partial charge on any atom is -0.388 e. The fraction of sp³-hybridized carbons (Fsp3) is 0.905. The lowest BCUT2D eigenvalue weighted by Gasteiger charge is -2.36. The van der Waals surface area contributed by atoms with Crippen molar-refractivity contribution in [3.63, 3.8) is 0 Å². The quantitative estimate of drug-likeness (QED) is 0.434. The van der Waals surface area contributed by atoms with Gasteiger partial charge in [0, 0.05) is 0 Å². The van der Waals surface area contributed by atoms with Gasteiger partial charge in [-0.05, 0) is 66.2 Å². The molecule has 0 saturated carbocycles. The number of hydrogen-bond donors (Lipinski definition) is 4. The predicted molar refractivity (Wildman–Crippen MR) is 109 cm³/mol. The zero-order valence-corrected chi connectivity index (χ0v) is 18.9. The highest BCUT2D eigenvalue weighted by molar-refractivity contribution is 6.04. The first-order valence-electron chi connectivity index (χ1n) is 9.95. The van der Waals surface area contributed by atoms with Crippen molar-refractivity contribution in [2.24, 2.45) is 17.3 Å². The average Bonchev–Trinajstić information content (AvgIpc) is 2.42. The molecule has 6 nitrogen and oxygen atoms in total. The standard InChI is InChI=1S/C21H42N2O4/c1-13(2)11-15(20(7,8)26)22-17(24)19(5,6)18(25)23-16(12-14(3)4)21(9,10)27/h13-16,26-27H,11-12H2,1-10H3,(H,22,24)(H,23,25). The second-order valence-electron chi connectivity index (χ2n) is 10.2. The lowest BCUT2D eigenvalue weighted by molar-refractivity contribution is -0.144. The minimum atomic E-state index is -1.33. The molecule has 2 unspecified atom stereocenters. The van der Waals surface area contributed by atoms with Gasteiger partial charge in [-0.3, -0.25) is 9.59 Å². The van der Waals surface area contributed by atoms with Crippen LogP contribution in [0.3, 0.4) is 0 Å². The van der Waals surface area contributed by atoms with E-state index in [1.165, 1.54) is 0 Å². The number of nitrogens with one attached hydrogen (secondary N) is 2. The molecule has 27 heavy (non-hydrogen) atoms. The summed E-state index contributed by atoms with van der Waals surface area (Å²) in [6.07, 6.45) is 1.21. The Hall–Kier alpha value is -1.14. The fourth-order valence-electron chi connectivity index (χ4n) is 2.77. The Morgan fingerprint density at radius 2 is 0.963 bits per heavy atom. The lowest BCUT2D eigenvalue weighted by atomic mass is 9.85. The first kappa shape index (κ1) is 25.9. The number of hydrogen-bond acceptors (Lipinski definition) is 4. The van der Waals surface area contributed by atoms with Crippen LogP contribution in [-0.4, -0.2) is 45.3 Å². The molecule has 0 aromatic carbocycles. The molecule has 0 rings (SSSR count). The maximum atomic E-state index is 12.9. The van der Waals surface area contributed by atoms with E-state index < -0.39 is 40.5 Å². The van der Waals surface area contributed by atoms with Crippen molar-refractivity contribution < 1.29 is 19.8 Å². The van der Waals surface area contributed by atoms with E-state index in [1.807, 2.05) is 27.7 Å². The van der Waals surface area contributed by atoms with Gasteiger partial charge >= 0.3 is 0 Å². The van der Waals surface area contributed by atoms with Gasteiger partial charge in [0.1, 0.15) is 5.41 Å². The third kappa shape index (κ3) is 8.60.